The van der Waals surface area contributed by atoms with Gasteiger partial charge in [-0.15, -0.1) is 0 Å². The average Bonchev–Trinajstić information content (AvgIpc) is 2.96. The second-order valence-corrected chi connectivity index (χ2v) is 8.33. The van der Waals surface area contributed by atoms with Crippen molar-refractivity contribution >= 4 is 34.7 Å². The highest BCUT2D eigenvalue weighted by Gasteiger charge is 2.39. The lowest BCUT2D eigenvalue weighted by molar-refractivity contribution is -0.184. The number of nitrogens with zero attached hydrogens (tertiary/aromatic N) is 1. The van der Waals surface area contributed by atoms with Gasteiger partial charge in [0.2, 0.25) is 0 Å². The molecule has 0 spiro atoms. The van der Waals surface area contributed by atoms with Gasteiger partial charge in [-0.05, 0) is 61.1 Å². The van der Waals surface area contributed by atoms with E-state index in [9.17, 15) is 9.59 Å². The normalized spacial score (nSPS) is 20.7. The lowest BCUT2D eigenvalue weighted by Crippen LogP contribution is -2.37. The van der Waals surface area contributed by atoms with Crippen molar-refractivity contribution in [2.24, 2.45) is 0 Å². The molecule has 2 rings (SSSR count). The van der Waals surface area contributed by atoms with Crippen molar-refractivity contribution in [1.82, 2.24) is 10.4 Å². The summed E-state index contributed by atoms with van der Waals surface area (Å²) in [5.74, 6) is -0.352. The molecule has 0 radical (unpaired) electrons. The third-order valence-corrected chi connectivity index (χ3v) is 4.44. The van der Waals surface area contributed by atoms with Crippen molar-refractivity contribution in [1.29, 1.82) is 0 Å². The van der Waals surface area contributed by atoms with Gasteiger partial charge in [-0.1, -0.05) is 12.1 Å². The first kappa shape index (κ1) is 20.9. The molecule has 0 aliphatic carbocycles. The summed E-state index contributed by atoms with van der Waals surface area (Å²) < 4.78 is 11.2. The molecule has 1 aromatic carbocycles. The summed E-state index contributed by atoms with van der Waals surface area (Å²) in [5.41, 5.74) is 0.464. The number of alkyl carbamates (subject to hydrolysis) is 1. The fourth-order valence-electron chi connectivity index (χ4n) is 2.57. The molecule has 8 heteroatoms. The number of hydrogen-bond donors (Lipinski definition) is 1. The molecular weight excluding hydrogens is 451 g/mol. The van der Waals surface area contributed by atoms with Crippen LogP contribution in [-0.4, -0.2) is 48.5 Å². The maximum Gasteiger partial charge on any atom is 0.407 e. The Hall–Kier alpha value is -1.39. The molecule has 26 heavy (non-hydrogen) atoms. The minimum Gasteiger partial charge on any atom is -0.468 e. The largest absolute Gasteiger partial charge is 0.468 e. The van der Waals surface area contributed by atoms with E-state index in [1.807, 2.05) is 24.3 Å². The van der Waals surface area contributed by atoms with Gasteiger partial charge in [-0.2, -0.15) is 5.06 Å². The van der Waals surface area contributed by atoms with E-state index in [0.29, 0.717) is 13.0 Å². The van der Waals surface area contributed by atoms with Crippen molar-refractivity contribution in [2.45, 2.75) is 51.5 Å². The van der Waals surface area contributed by atoms with Gasteiger partial charge < -0.3 is 14.8 Å². The number of benzene rings is 1. The second kappa shape index (κ2) is 9.01. The first-order valence-electron chi connectivity index (χ1n) is 8.40. The third kappa shape index (κ3) is 6.40. The Morgan fingerprint density at radius 1 is 1.31 bits per heavy atom. The number of methoxy groups -OCH3 is 1. The molecule has 1 amide bonds. The summed E-state index contributed by atoms with van der Waals surface area (Å²) in [6.45, 7) is 6.11. The molecule has 1 heterocycles. The molecule has 1 fully saturated rings. The first-order valence-corrected chi connectivity index (χ1v) is 9.48. The van der Waals surface area contributed by atoms with Crippen LogP contribution in [0, 0.1) is 3.57 Å². The van der Waals surface area contributed by atoms with Crippen LogP contribution in [0.2, 0.25) is 0 Å². The smallest absolute Gasteiger partial charge is 0.407 e. The van der Waals surface area contributed by atoms with Crippen LogP contribution in [0.25, 0.3) is 0 Å². The van der Waals surface area contributed by atoms with E-state index in [4.69, 9.17) is 14.3 Å². The Balaban J connectivity index is 1.95. The van der Waals surface area contributed by atoms with Gasteiger partial charge in [0.15, 0.2) is 0 Å². The van der Waals surface area contributed by atoms with Gasteiger partial charge in [-0.3, -0.25) is 9.63 Å². The Morgan fingerprint density at radius 2 is 1.96 bits per heavy atom. The minimum absolute atomic E-state index is 0.256. The van der Waals surface area contributed by atoms with E-state index in [-0.39, 0.29) is 18.6 Å². The second-order valence-electron chi connectivity index (χ2n) is 7.09. The number of rotatable bonds is 5. The Bertz CT molecular complexity index is 629. The molecule has 2 unspecified atom stereocenters. The van der Waals surface area contributed by atoms with Gasteiger partial charge >= 0.3 is 12.1 Å². The number of carbonyl (C=O) groups is 2. The molecule has 1 aromatic rings. The zero-order valence-electron chi connectivity index (χ0n) is 15.5. The summed E-state index contributed by atoms with van der Waals surface area (Å²) in [5, 5.41) is 4.31. The quantitative estimate of drug-likeness (QED) is 0.521. The first-order chi connectivity index (χ1) is 12.2. The lowest BCUT2D eigenvalue weighted by Gasteiger charge is -2.22. The van der Waals surface area contributed by atoms with Crippen molar-refractivity contribution in [3.05, 3.63) is 33.4 Å². The zero-order valence-corrected chi connectivity index (χ0v) is 17.6. The maximum atomic E-state index is 12.1. The summed E-state index contributed by atoms with van der Waals surface area (Å²) in [7, 11) is 1.36. The van der Waals surface area contributed by atoms with E-state index in [1.54, 1.807) is 25.8 Å². The predicted molar refractivity (Wildman–Crippen MR) is 104 cm³/mol. The maximum absolute atomic E-state index is 12.1. The number of nitrogens with one attached hydrogen (secondary N) is 1. The Kier molecular flexibility index (Phi) is 7.24. The molecule has 0 saturated carbocycles. The molecule has 0 bridgehead atoms. The SMILES string of the molecule is COC(=O)C1CC(CNC(=O)OC(C)(C)C)ON1Cc1ccc(I)cc1. The van der Waals surface area contributed by atoms with Gasteiger partial charge in [0.25, 0.3) is 0 Å². The number of hydrogen-bond acceptors (Lipinski definition) is 6. The summed E-state index contributed by atoms with van der Waals surface area (Å²) in [4.78, 5) is 29.8. The molecule has 1 aliphatic heterocycles. The van der Waals surface area contributed by atoms with Crippen molar-refractivity contribution in [2.75, 3.05) is 13.7 Å². The van der Waals surface area contributed by atoms with E-state index < -0.39 is 17.7 Å². The number of esters is 1. The van der Waals surface area contributed by atoms with Crippen LogP contribution < -0.4 is 5.32 Å². The fourth-order valence-corrected chi connectivity index (χ4v) is 2.93. The monoisotopic (exact) mass is 476 g/mol. The van der Waals surface area contributed by atoms with Crippen molar-refractivity contribution < 1.29 is 23.9 Å². The van der Waals surface area contributed by atoms with E-state index in [0.717, 1.165) is 9.13 Å². The van der Waals surface area contributed by atoms with Crippen LogP contribution in [0.1, 0.15) is 32.8 Å². The number of halogens is 1. The lowest BCUT2D eigenvalue weighted by atomic mass is 10.1. The average molecular weight is 476 g/mol. The van der Waals surface area contributed by atoms with Crippen molar-refractivity contribution in [3.63, 3.8) is 0 Å². The zero-order chi connectivity index (χ0) is 19.3. The predicted octanol–water partition coefficient (Wildman–Crippen LogP) is 2.86. The molecule has 0 aromatic heterocycles. The van der Waals surface area contributed by atoms with E-state index in [1.165, 1.54) is 7.11 Å². The highest BCUT2D eigenvalue weighted by Crippen LogP contribution is 2.24. The van der Waals surface area contributed by atoms with Gasteiger partial charge in [0.1, 0.15) is 11.6 Å². The third-order valence-electron chi connectivity index (χ3n) is 3.72. The molecule has 7 nitrogen and oxygen atoms in total. The van der Waals surface area contributed by atoms with E-state index >= 15 is 0 Å². The van der Waals surface area contributed by atoms with Crippen LogP contribution in [0.15, 0.2) is 24.3 Å². The van der Waals surface area contributed by atoms with Crippen LogP contribution in [-0.2, 0) is 25.7 Å². The molecule has 1 saturated heterocycles. The molecule has 144 valence electrons. The topological polar surface area (TPSA) is 77.1 Å². The number of hydroxylamine groups is 2. The van der Waals surface area contributed by atoms with E-state index in [2.05, 4.69) is 27.9 Å². The number of ether oxygens (including phenoxy) is 2. The molecule has 1 N–H and O–H groups in total. The highest BCUT2D eigenvalue weighted by molar-refractivity contribution is 14.1. The van der Waals surface area contributed by atoms with Crippen LogP contribution in [0.3, 0.4) is 0 Å². The number of amides is 1. The van der Waals surface area contributed by atoms with Crippen LogP contribution >= 0.6 is 22.6 Å². The summed E-state index contributed by atoms with van der Waals surface area (Å²) >= 11 is 2.24. The molecular formula is C18H25IN2O5. The molecule has 2 atom stereocenters. The standard InChI is InChI=1S/C18H25IN2O5/c1-18(2,3)25-17(23)20-10-14-9-15(16(22)24-4)21(26-14)11-12-5-7-13(19)8-6-12/h5-8,14-15H,9-11H2,1-4H3,(H,20,23). The minimum atomic E-state index is -0.563. The van der Waals surface area contributed by atoms with Gasteiger partial charge in [0.05, 0.1) is 19.8 Å². The Morgan fingerprint density at radius 3 is 2.54 bits per heavy atom. The highest BCUT2D eigenvalue weighted by atomic mass is 127. The summed E-state index contributed by atoms with van der Waals surface area (Å²) in [6.07, 6.45) is -0.394. The van der Waals surface area contributed by atoms with Crippen molar-refractivity contribution in [3.8, 4) is 0 Å². The molecule has 1 aliphatic rings. The van der Waals surface area contributed by atoms with Crippen LogP contribution in [0.5, 0.6) is 0 Å². The van der Waals surface area contributed by atoms with Gasteiger partial charge in [-0.25, -0.2) is 4.79 Å². The fraction of sp³-hybridized carbons (Fsp3) is 0.556. The summed E-state index contributed by atoms with van der Waals surface area (Å²) in [6, 6.07) is 7.48. The number of carbonyl (C=O) groups excluding carboxylic acids is 2. The van der Waals surface area contributed by atoms with Gasteiger partial charge in [0, 0.05) is 16.5 Å². The Labute approximate surface area is 167 Å². The van der Waals surface area contributed by atoms with Crippen LogP contribution in [0.4, 0.5) is 4.79 Å².